The van der Waals surface area contributed by atoms with Crippen LogP contribution in [-0.2, 0) is 11.3 Å². The highest BCUT2D eigenvalue weighted by atomic mass is 32.1. The molecule has 1 heterocycles. The van der Waals surface area contributed by atoms with Gasteiger partial charge in [0.15, 0.2) is 6.10 Å². The number of carboxylic acids is 1. The first-order valence-corrected chi connectivity index (χ1v) is 5.96. The molecule has 1 atom stereocenters. The van der Waals surface area contributed by atoms with Gasteiger partial charge in [-0.25, -0.2) is 9.59 Å². The van der Waals surface area contributed by atoms with E-state index >= 15 is 0 Å². The lowest BCUT2D eigenvalue weighted by molar-refractivity contribution is -0.146. The maximum atomic E-state index is 11.2. The Hall–Kier alpha value is -1.87. The number of thiazole rings is 1. The fraction of sp³-hybridized carbons (Fsp3) is 0.444. The Bertz CT molecular complexity index is 469. The lowest BCUT2D eigenvalue weighted by Crippen LogP contribution is -2.37. The molecule has 1 aromatic rings. The Labute approximate surface area is 106 Å². The summed E-state index contributed by atoms with van der Waals surface area (Å²) in [4.78, 5) is 34.6. The molecular weight excluding hydrogens is 262 g/mol. The zero-order chi connectivity index (χ0) is 13.5. The van der Waals surface area contributed by atoms with Crippen LogP contribution in [0.2, 0.25) is 0 Å². The van der Waals surface area contributed by atoms with Gasteiger partial charge >= 0.3 is 16.9 Å². The predicted molar refractivity (Wildman–Crippen MR) is 63.4 cm³/mol. The number of H-pyrrole nitrogens is 1. The minimum Gasteiger partial charge on any atom is -0.479 e. The number of aliphatic hydroxyl groups excluding tert-OH is 1. The van der Waals surface area contributed by atoms with Gasteiger partial charge in [0.25, 0.3) is 0 Å². The predicted octanol–water partition coefficient (Wildman–Crippen LogP) is -0.929. The molecule has 0 fully saturated rings. The highest BCUT2D eigenvalue weighted by Crippen LogP contribution is 1.94. The number of hydrogen-bond donors (Lipinski definition) is 5. The molecule has 0 saturated carbocycles. The van der Waals surface area contributed by atoms with E-state index in [1.54, 1.807) is 5.38 Å². The van der Waals surface area contributed by atoms with Crippen molar-refractivity contribution in [3.63, 3.8) is 0 Å². The molecule has 0 radical (unpaired) electrons. The van der Waals surface area contributed by atoms with Crippen molar-refractivity contribution in [3.05, 3.63) is 20.7 Å². The summed E-state index contributed by atoms with van der Waals surface area (Å²) in [5, 5.41) is 23.8. The molecule has 1 unspecified atom stereocenters. The van der Waals surface area contributed by atoms with Gasteiger partial charge in [-0.15, -0.1) is 0 Å². The van der Waals surface area contributed by atoms with Crippen LogP contribution in [-0.4, -0.2) is 39.8 Å². The van der Waals surface area contributed by atoms with Crippen LogP contribution in [0.25, 0.3) is 0 Å². The van der Waals surface area contributed by atoms with Crippen LogP contribution < -0.4 is 15.5 Å². The standard InChI is InChI=1S/C9H13N3O5S/c13-6(7(14)15)1-2-10-8(16)11-3-5-4-18-9(17)12-5/h4,6,13H,1-3H2,(H,12,17)(H,14,15)(H2,10,11,16). The first-order chi connectivity index (χ1) is 8.49. The first-order valence-electron chi connectivity index (χ1n) is 5.08. The largest absolute Gasteiger partial charge is 0.479 e. The van der Waals surface area contributed by atoms with Crippen molar-refractivity contribution in [2.24, 2.45) is 0 Å². The van der Waals surface area contributed by atoms with Gasteiger partial charge in [0.1, 0.15) is 0 Å². The summed E-state index contributed by atoms with van der Waals surface area (Å²) >= 11 is 1.000. The van der Waals surface area contributed by atoms with Crippen LogP contribution >= 0.6 is 11.3 Å². The number of nitrogens with one attached hydrogen (secondary N) is 3. The molecule has 1 rings (SSSR count). The molecule has 0 aliphatic rings. The van der Waals surface area contributed by atoms with Crippen LogP contribution in [0.5, 0.6) is 0 Å². The van der Waals surface area contributed by atoms with Crippen molar-refractivity contribution in [2.45, 2.75) is 19.1 Å². The summed E-state index contributed by atoms with van der Waals surface area (Å²) in [6.45, 7) is 0.214. The van der Waals surface area contributed by atoms with E-state index < -0.39 is 18.1 Å². The van der Waals surface area contributed by atoms with Crippen molar-refractivity contribution < 1.29 is 19.8 Å². The van der Waals surface area contributed by atoms with E-state index in [1.807, 2.05) is 0 Å². The smallest absolute Gasteiger partial charge is 0.332 e. The van der Waals surface area contributed by atoms with E-state index in [1.165, 1.54) is 0 Å². The molecule has 0 spiro atoms. The number of carbonyl (C=O) groups is 2. The third-order valence-corrected chi connectivity index (χ3v) is 2.72. The Morgan fingerprint density at radius 1 is 1.44 bits per heavy atom. The zero-order valence-electron chi connectivity index (χ0n) is 9.30. The van der Waals surface area contributed by atoms with Gasteiger partial charge in [-0.3, -0.25) is 4.79 Å². The van der Waals surface area contributed by atoms with Crippen LogP contribution in [0.3, 0.4) is 0 Å². The van der Waals surface area contributed by atoms with E-state index in [4.69, 9.17) is 10.2 Å². The molecule has 0 bridgehead atoms. The van der Waals surface area contributed by atoms with E-state index in [0.717, 1.165) is 11.3 Å². The van der Waals surface area contributed by atoms with Gasteiger partial charge in [0.2, 0.25) is 0 Å². The second-order valence-corrected chi connectivity index (χ2v) is 4.27. The Morgan fingerprint density at radius 3 is 2.72 bits per heavy atom. The van der Waals surface area contributed by atoms with Gasteiger partial charge in [0, 0.05) is 24.0 Å². The number of amides is 2. The third-order valence-electron chi connectivity index (χ3n) is 2.00. The van der Waals surface area contributed by atoms with E-state index in [0.29, 0.717) is 5.69 Å². The maximum Gasteiger partial charge on any atom is 0.332 e. The van der Waals surface area contributed by atoms with Crippen LogP contribution in [0, 0.1) is 0 Å². The summed E-state index contributed by atoms with van der Waals surface area (Å²) in [6, 6.07) is -0.500. The van der Waals surface area contributed by atoms with Crippen LogP contribution in [0.15, 0.2) is 10.2 Å². The number of hydrogen-bond acceptors (Lipinski definition) is 5. The zero-order valence-corrected chi connectivity index (χ0v) is 10.1. The molecule has 2 amide bonds. The molecule has 0 aromatic carbocycles. The Balaban J connectivity index is 2.18. The highest BCUT2D eigenvalue weighted by Gasteiger charge is 2.12. The summed E-state index contributed by atoms with van der Waals surface area (Å²) in [6.07, 6.45) is -1.56. The number of carboxylic acid groups (broad SMARTS) is 1. The van der Waals surface area contributed by atoms with Crippen LogP contribution in [0.1, 0.15) is 12.1 Å². The first kappa shape index (κ1) is 14.2. The van der Waals surface area contributed by atoms with E-state index in [9.17, 15) is 14.4 Å². The van der Waals surface area contributed by atoms with Crippen molar-refractivity contribution >= 4 is 23.3 Å². The molecular formula is C9H13N3O5S. The molecule has 0 aliphatic carbocycles. The summed E-state index contributed by atoms with van der Waals surface area (Å²) in [5.41, 5.74) is 0.589. The van der Waals surface area contributed by atoms with Crippen molar-refractivity contribution in [1.82, 2.24) is 15.6 Å². The highest BCUT2D eigenvalue weighted by molar-refractivity contribution is 7.07. The fourth-order valence-electron chi connectivity index (χ4n) is 1.08. The lowest BCUT2D eigenvalue weighted by Gasteiger charge is -2.08. The van der Waals surface area contributed by atoms with Gasteiger partial charge in [-0.1, -0.05) is 11.3 Å². The van der Waals surface area contributed by atoms with Crippen molar-refractivity contribution in [2.75, 3.05) is 6.54 Å². The second-order valence-electron chi connectivity index (χ2n) is 3.43. The third kappa shape index (κ3) is 4.97. The van der Waals surface area contributed by atoms with E-state index in [2.05, 4.69) is 15.6 Å². The molecule has 8 nitrogen and oxygen atoms in total. The lowest BCUT2D eigenvalue weighted by atomic mass is 10.2. The van der Waals surface area contributed by atoms with Gasteiger partial charge in [0.05, 0.1) is 6.54 Å². The topological polar surface area (TPSA) is 132 Å². The van der Waals surface area contributed by atoms with Gasteiger partial charge < -0.3 is 25.8 Å². The van der Waals surface area contributed by atoms with Crippen molar-refractivity contribution in [3.8, 4) is 0 Å². The molecule has 0 aliphatic heterocycles. The number of aromatic amines is 1. The van der Waals surface area contributed by atoms with Gasteiger partial charge in [-0.2, -0.15) is 0 Å². The van der Waals surface area contributed by atoms with E-state index in [-0.39, 0.29) is 24.4 Å². The maximum absolute atomic E-state index is 11.2. The average molecular weight is 275 g/mol. The number of aliphatic hydroxyl groups is 1. The number of urea groups is 1. The van der Waals surface area contributed by atoms with Crippen molar-refractivity contribution in [1.29, 1.82) is 0 Å². The quantitative estimate of drug-likeness (QED) is 0.457. The number of aliphatic carboxylic acids is 1. The monoisotopic (exact) mass is 275 g/mol. The Kier molecular flexibility index (Phi) is 5.33. The number of rotatable bonds is 6. The molecule has 1 aromatic heterocycles. The summed E-state index contributed by atoms with van der Waals surface area (Å²) in [5.74, 6) is -1.33. The molecule has 5 N–H and O–H groups in total. The Morgan fingerprint density at radius 2 is 2.17 bits per heavy atom. The number of carbonyl (C=O) groups excluding carboxylic acids is 1. The normalized spacial score (nSPS) is 11.8. The number of aromatic nitrogens is 1. The minimum atomic E-state index is -1.49. The van der Waals surface area contributed by atoms with Crippen LogP contribution in [0.4, 0.5) is 4.79 Å². The minimum absolute atomic E-state index is 0.0411. The average Bonchev–Trinajstić information content (AvgIpc) is 2.72. The second kappa shape index (κ2) is 6.77. The molecule has 100 valence electrons. The molecule has 9 heteroatoms. The van der Waals surface area contributed by atoms with Gasteiger partial charge in [-0.05, 0) is 0 Å². The molecule has 18 heavy (non-hydrogen) atoms. The fourth-order valence-corrected chi connectivity index (χ4v) is 1.67. The molecule has 0 saturated heterocycles. The SMILES string of the molecule is O=C(NCCC(O)C(=O)O)NCc1csc(=O)[nH]1. The summed E-state index contributed by atoms with van der Waals surface area (Å²) < 4.78 is 0. The summed E-state index contributed by atoms with van der Waals surface area (Å²) in [7, 11) is 0.